The lowest BCUT2D eigenvalue weighted by molar-refractivity contribution is 0.197. The maximum atomic E-state index is 5.94. The van der Waals surface area contributed by atoms with E-state index in [1.54, 1.807) is 0 Å². The summed E-state index contributed by atoms with van der Waals surface area (Å²) in [6, 6.07) is 5.53. The van der Waals surface area contributed by atoms with Gasteiger partial charge in [-0.3, -0.25) is 4.48 Å². The molecule has 0 bridgehead atoms. The van der Waals surface area contributed by atoms with E-state index in [-0.39, 0.29) is 0 Å². The summed E-state index contributed by atoms with van der Waals surface area (Å²) in [6.07, 6.45) is 3.87. The van der Waals surface area contributed by atoms with Crippen LogP contribution in [0.4, 0.5) is 11.5 Å². The van der Waals surface area contributed by atoms with E-state index in [0.717, 1.165) is 29.0 Å². The second-order valence-corrected chi connectivity index (χ2v) is 6.14. The van der Waals surface area contributed by atoms with Crippen LogP contribution in [0.2, 0.25) is 0 Å². The maximum absolute atomic E-state index is 5.94. The number of aromatic nitrogens is 1. The first kappa shape index (κ1) is 12.9. The van der Waals surface area contributed by atoms with Gasteiger partial charge in [0.2, 0.25) is 5.82 Å². The van der Waals surface area contributed by atoms with Crippen LogP contribution in [-0.2, 0) is 0 Å². The lowest BCUT2D eigenvalue weighted by Crippen LogP contribution is -2.60. The van der Waals surface area contributed by atoms with E-state index in [4.69, 9.17) is 10.7 Å². The Balaban J connectivity index is 2.05. The van der Waals surface area contributed by atoms with Crippen LogP contribution >= 0.6 is 0 Å². The predicted molar refractivity (Wildman–Crippen MR) is 80.0 cm³/mol. The van der Waals surface area contributed by atoms with Crippen molar-refractivity contribution in [2.75, 3.05) is 25.4 Å². The highest BCUT2D eigenvalue weighted by atomic mass is 15.5. The smallest absolute Gasteiger partial charge is 0.228 e. The van der Waals surface area contributed by atoms with Gasteiger partial charge in [0.05, 0.1) is 24.0 Å². The molecule has 4 nitrogen and oxygen atoms in total. The zero-order valence-electron chi connectivity index (χ0n) is 12.0. The number of anilines is 1. The van der Waals surface area contributed by atoms with E-state index in [1.807, 2.05) is 13.0 Å². The number of aryl methyl sites for hydroxylation is 1. The molecule has 1 aromatic heterocycles. The molecule has 0 amide bonds. The predicted octanol–water partition coefficient (Wildman–Crippen LogP) is 1.82. The SMILES string of the molecule is Cc1nc([N+]2([C@@H]3CCNC3)CCC[C@@H]2C)ccc1N. The van der Waals surface area contributed by atoms with E-state index in [9.17, 15) is 0 Å². The Bertz CT molecular complexity index is 467. The van der Waals surface area contributed by atoms with Crippen LogP contribution in [0, 0.1) is 6.92 Å². The molecule has 2 fully saturated rings. The molecule has 1 unspecified atom stereocenters. The van der Waals surface area contributed by atoms with Crippen molar-refractivity contribution in [1.82, 2.24) is 14.8 Å². The second-order valence-electron chi connectivity index (χ2n) is 6.14. The molecular weight excluding hydrogens is 236 g/mol. The molecule has 2 aliphatic heterocycles. The van der Waals surface area contributed by atoms with Crippen molar-refractivity contribution >= 4 is 11.5 Å². The monoisotopic (exact) mass is 261 g/mol. The fourth-order valence-electron chi connectivity index (χ4n) is 3.99. The first-order valence-electron chi connectivity index (χ1n) is 7.46. The minimum atomic E-state index is 0.667. The van der Waals surface area contributed by atoms with Gasteiger partial charge in [0.15, 0.2) is 0 Å². The summed E-state index contributed by atoms with van der Waals surface area (Å²) in [6.45, 7) is 7.90. The Hall–Kier alpha value is -1.13. The van der Waals surface area contributed by atoms with Crippen LogP contribution in [0.15, 0.2) is 12.1 Å². The Morgan fingerprint density at radius 2 is 2.21 bits per heavy atom. The van der Waals surface area contributed by atoms with Gasteiger partial charge >= 0.3 is 0 Å². The summed E-state index contributed by atoms with van der Waals surface area (Å²) in [5.41, 5.74) is 7.71. The van der Waals surface area contributed by atoms with Gasteiger partial charge in [-0.2, -0.15) is 4.98 Å². The molecule has 19 heavy (non-hydrogen) atoms. The van der Waals surface area contributed by atoms with Gasteiger partial charge in [-0.1, -0.05) is 0 Å². The van der Waals surface area contributed by atoms with Gasteiger partial charge in [-0.25, -0.2) is 0 Å². The van der Waals surface area contributed by atoms with Crippen molar-refractivity contribution in [1.29, 1.82) is 0 Å². The molecule has 3 heterocycles. The number of likely N-dealkylation sites (tertiary alicyclic amines) is 1. The lowest BCUT2D eigenvalue weighted by Gasteiger charge is -2.42. The number of nitrogens with zero attached hydrogens (tertiary/aromatic N) is 2. The van der Waals surface area contributed by atoms with Crippen LogP contribution in [-0.4, -0.2) is 36.7 Å². The Morgan fingerprint density at radius 3 is 2.79 bits per heavy atom. The van der Waals surface area contributed by atoms with E-state index >= 15 is 0 Å². The highest BCUT2D eigenvalue weighted by Crippen LogP contribution is 2.38. The third-order valence-electron chi connectivity index (χ3n) is 5.16. The number of nitrogens with one attached hydrogen (secondary N) is 1. The molecule has 1 aromatic rings. The summed E-state index contributed by atoms with van der Waals surface area (Å²) in [4.78, 5) is 4.84. The van der Waals surface area contributed by atoms with Crippen molar-refractivity contribution in [3.8, 4) is 0 Å². The lowest BCUT2D eigenvalue weighted by atomic mass is 10.1. The molecule has 0 aromatic carbocycles. The fraction of sp³-hybridized carbons (Fsp3) is 0.667. The Labute approximate surface area is 115 Å². The molecular formula is C15H25N4+. The van der Waals surface area contributed by atoms with E-state index < -0.39 is 0 Å². The molecule has 0 radical (unpaired) electrons. The third kappa shape index (κ3) is 1.94. The van der Waals surface area contributed by atoms with Gasteiger partial charge < -0.3 is 11.1 Å². The second kappa shape index (κ2) is 4.76. The fourth-order valence-corrected chi connectivity index (χ4v) is 3.99. The molecule has 3 rings (SSSR count). The Morgan fingerprint density at radius 1 is 1.37 bits per heavy atom. The van der Waals surface area contributed by atoms with Crippen molar-refractivity contribution in [3.05, 3.63) is 17.8 Å². The summed E-state index contributed by atoms with van der Waals surface area (Å²) in [7, 11) is 0. The summed E-state index contributed by atoms with van der Waals surface area (Å²) >= 11 is 0. The number of pyridine rings is 1. The number of hydrogen-bond donors (Lipinski definition) is 2. The molecule has 104 valence electrons. The average molecular weight is 261 g/mol. The van der Waals surface area contributed by atoms with Gasteiger partial charge in [-0.15, -0.1) is 0 Å². The molecule has 2 saturated heterocycles. The Kier molecular flexibility index (Phi) is 3.23. The third-order valence-corrected chi connectivity index (χ3v) is 5.16. The zero-order chi connectivity index (χ0) is 13.5. The van der Waals surface area contributed by atoms with Crippen molar-refractivity contribution in [3.63, 3.8) is 0 Å². The van der Waals surface area contributed by atoms with Crippen LogP contribution in [0.1, 0.15) is 31.9 Å². The van der Waals surface area contributed by atoms with Crippen molar-refractivity contribution in [2.24, 2.45) is 0 Å². The minimum absolute atomic E-state index is 0.667. The first-order chi connectivity index (χ1) is 9.14. The normalized spacial score (nSPS) is 34.8. The van der Waals surface area contributed by atoms with Crippen LogP contribution in [0.25, 0.3) is 0 Å². The summed E-state index contributed by atoms with van der Waals surface area (Å²) in [5.74, 6) is 1.23. The number of nitrogen functional groups attached to an aromatic ring is 1. The van der Waals surface area contributed by atoms with Gasteiger partial charge in [0, 0.05) is 38.4 Å². The zero-order valence-corrected chi connectivity index (χ0v) is 12.0. The standard InChI is InChI=1S/C15H25N4/c1-11-4-3-9-19(11,13-7-8-17-10-13)15-6-5-14(16)12(2)18-15/h5-6,11,13,17H,3-4,7-10,16H2,1-2H3/q+1/t11-,13+,19?/m0/s1. The maximum Gasteiger partial charge on any atom is 0.228 e. The molecule has 0 aliphatic carbocycles. The van der Waals surface area contributed by atoms with Crippen molar-refractivity contribution in [2.45, 2.75) is 45.2 Å². The summed E-state index contributed by atoms with van der Waals surface area (Å²) in [5, 5.41) is 3.52. The topological polar surface area (TPSA) is 50.9 Å². The quantitative estimate of drug-likeness (QED) is 0.799. The molecule has 3 N–H and O–H groups in total. The molecule has 0 saturated carbocycles. The number of hydrogen-bond acceptors (Lipinski definition) is 3. The van der Waals surface area contributed by atoms with Crippen LogP contribution < -0.4 is 15.5 Å². The molecule has 0 spiro atoms. The molecule has 3 atom stereocenters. The van der Waals surface area contributed by atoms with E-state index in [0.29, 0.717) is 12.1 Å². The van der Waals surface area contributed by atoms with Crippen LogP contribution in [0.3, 0.4) is 0 Å². The van der Waals surface area contributed by atoms with E-state index in [2.05, 4.69) is 18.3 Å². The number of quaternary nitrogens is 1. The van der Waals surface area contributed by atoms with Gasteiger partial charge in [-0.05, 0) is 19.9 Å². The molecule has 2 aliphatic rings. The summed E-state index contributed by atoms with van der Waals surface area (Å²) < 4.78 is 1.06. The average Bonchev–Trinajstić information content (AvgIpc) is 3.02. The number of nitrogens with two attached hydrogens (primary N) is 1. The largest absolute Gasteiger partial charge is 0.397 e. The minimum Gasteiger partial charge on any atom is -0.397 e. The van der Waals surface area contributed by atoms with Crippen molar-refractivity contribution < 1.29 is 0 Å². The molecule has 4 heteroatoms. The van der Waals surface area contributed by atoms with E-state index in [1.165, 1.54) is 31.6 Å². The highest BCUT2D eigenvalue weighted by molar-refractivity contribution is 5.50. The number of rotatable bonds is 2. The van der Waals surface area contributed by atoms with Crippen LogP contribution in [0.5, 0.6) is 0 Å². The first-order valence-corrected chi connectivity index (χ1v) is 7.46. The highest BCUT2D eigenvalue weighted by Gasteiger charge is 2.49. The van der Waals surface area contributed by atoms with Gasteiger partial charge in [0.1, 0.15) is 6.04 Å². The van der Waals surface area contributed by atoms with Gasteiger partial charge in [0.25, 0.3) is 0 Å².